The lowest BCUT2D eigenvalue weighted by atomic mass is 10.1. The summed E-state index contributed by atoms with van der Waals surface area (Å²) in [4.78, 5) is 18.5. The van der Waals surface area contributed by atoms with Gasteiger partial charge >= 0.3 is 5.69 Å². The van der Waals surface area contributed by atoms with Gasteiger partial charge in [0.2, 0.25) is 0 Å². The number of hydrogen-bond acceptors (Lipinski definition) is 5. The fourth-order valence-corrected chi connectivity index (χ4v) is 5.70. The SMILES string of the molecule is Cn1nc(-c2c(-c3ccc4cnn(C)c4c3)nc(-c3ccccc3)n2COCC[Si](C)(C)C)n(C2CC2)c1=O. The van der Waals surface area contributed by atoms with Gasteiger partial charge in [-0.2, -0.15) is 5.10 Å². The van der Waals surface area contributed by atoms with Crippen LogP contribution in [-0.2, 0) is 25.6 Å². The van der Waals surface area contributed by atoms with Gasteiger partial charge in [0.15, 0.2) is 5.82 Å². The zero-order valence-corrected chi connectivity index (χ0v) is 24.3. The van der Waals surface area contributed by atoms with Crippen molar-refractivity contribution < 1.29 is 4.74 Å². The van der Waals surface area contributed by atoms with Crippen molar-refractivity contribution in [1.29, 1.82) is 0 Å². The predicted molar refractivity (Wildman–Crippen MR) is 156 cm³/mol. The van der Waals surface area contributed by atoms with E-state index in [0.29, 0.717) is 19.2 Å². The Morgan fingerprint density at radius 3 is 2.46 bits per heavy atom. The van der Waals surface area contributed by atoms with Gasteiger partial charge in [0, 0.05) is 51.3 Å². The molecule has 202 valence electrons. The van der Waals surface area contributed by atoms with Crippen LogP contribution in [0, 0.1) is 0 Å². The molecular formula is C29H35N7O2Si. The number of ether oxygens (including phenoxy) is 1. The molecule has 3 aromatic heterocycles. The minimum Gasteiger partial charge on any atom is -0.361 e. The molecule has 0 spiro atoms. The van der Waals surface area contributed by atoms with Crippen LogP contribution in [0.1, 0.15) is 18.9 Å². The van der Waals surface area contributed by atoms with Crippen molar-refractivity contribution in [3.05, 3.63) is 65.2 Å². The Balaban J connectivity index is 1.58. The molecule has 1 aliphatic carbocycles. The molecular weight excluding hydrogens is 506 g/mol. The minimum atomic E-state index is -1.26. The summed E-state index contributed by atoms with van der Waals surface area (Å²) >= 11 is 0. The van der Waals surface area contributed by atoms with Crippen molar-refractivity contribution in [2.45, 2.75) is 51.3 Å². The molecule has 0 saturated heterocycles. The molecule has 39 heavy (non-hydrogen) atoms. The van der Waals surface area contributed by atoms with E-state index in [1.54, 1.807) is 7.05 Å². The first-order valence-corrected chi connectivity index (χ1v) is 17.2. The zero-order valence-electron chi connectivity index (χ0n) is 23.3. The molecule has 10 heteroatoms. The van der Waals surface area contributed by atoms with Crippen molar-refractivity contribution in [2.75, 3.05) is 6.61 Å². The summed E-state index contributed by atoms with van der Waals surface area (Å²) in [6, 6.07) is 17.6. The van der Waals surface area contributed by atoms with E-state index < -0.39 is 8.07 Å². The minimum absolute atomic E-state index is 0.103. The molecule has 0 bridgehead atoms. The van der Waals surface area contributed by atoms with E-state index in [0.717, 1.165) is 58.1 Å². The topological polar surface area (TPSA) is 84.7 Å². The number of fused-ring (bicyclic) bond motifs is 1. The van der Waals surface area contributed by atoms with Gasteiger partial charge in [-0.3, -0.25) is 13.8 Å². The van der Waals surface area contributed by atoms with Gasteiger partial charge in [0.25, 0.3) is 0 Å². The highest BCUT2D eigenvalue weighted by molar-refractivity contribution is 6.76. The first-order chi connectivity index (χ1) is 18.7. The quantitative estimate of drug-likeness (QED) is 0.186. The van der Waals surface area contributed by atoms with E-state index in [1.165, 1.54) is 4.68 Å². The van der Waals surface area contributed by atoms with Crippen molar-refractivity contribution in [2.24, 2.45) is 14.1 Å². The van der Waals surface area contributed by atoms with Crippen LogP contribution in [-0.4, -0.2) is 48.4 Å². The second kappa shape index (κ2) is 9.76. The van der Waals surface area contributed by atoms with E-state index in [9.17, 15) is 4.79 Å². The normalized spacial score (nSPS) is 14.0. The van der Waals surface area contributed by atoms with Crippen molar-refractivity contribution in [3.8, 4) is 34.2 Å². The number of imidazole rings is 1. The molecule has 0 unspecified atom stereocenters. The van der Waals surface area contributed by atoms with Crippen LogP contribution in [0.25, 0.3) is 45.1 Å². The molecule has 6 rings (SSSR count). The Kier molecular flexibility index (Phi) is 6.39. The summed E-state index contributed by atoms with van der Waals surface area (Å²) in [6.45, 7) is 8.05. The average molecular weight is 542 g/mol. The molecule has 0 atom stereocenters. The number of aromatic nitrogens is 7. The number of hydrogen-bond donors (Lipinski definition) is 0. The maximum atomic E-state index is 13.2. The molecule has 5 aromatic rings. The van der Waals surface area contributed by atoms with Gasteiger partial charge in [-0.25, -0.2) is 14.5 Å². The molecule has 0 radical (unpaired) electrons. The summed E-state index contributed by atoms with van der Waals surface area (Å²) < 4.78 is 13.6. The predicted octanol–water partition coefficient (Wildman–Crippen LogP) is 5.31. The highest BCUT2D eigenvalue weighted by atomic mass is 28.3. The summed E-state index contributed by atoms with van der Waals surface area (Å²) in [5.41, 5.74) is 4.41. The maximum absolute atomic E-state index is 13.2. The Hall–Kier alpha value is -3.76. The largest absolute Gasteiger partial charge is 0.361 e. The molecule has 0 N–H and O–H groups in total. The van der Waals surface area contributed by atoms with Crippen LogP contribution in [0.15, 0.2) is 59.5 Å². The first kappa shape index (κ1) is 25.5. The van der Waals surface area contributed by atoms with Crippen molar-refractivity contribution in [1.82, 2.24) is 33.7 Å². The number of aryl methyl sites for hydroxylation is 2. The highest BCUT2D eigenvalue weighted by Crippen LogP contribution is 2.41. The smallest absolute Gasteiger partial charge is 0.346 e. The fourth-order valence-electron chi connectivity index (χ4n) is 4.94. The molecule has 0 aliphatic heterocycles. The lowest BCUT2D eigenvalue weighted by molar-refractivity contribution is 0.0892. The molecule has 3 heterocycles. The van der Waals surface area contributed by atoms with E-state index in [1.807, 2.05) is 40.7 Å². The molecule has 1 fully saturated rings. The van der Waals surface area contributed by atoms with Gasteiger partial charge in [-0.05, 0) is 25.0 Å². The Morgan fingerprint density at radius 2 is 1.74 bits per heavy atom. The number of benzene rings is 2. The van der Waals surface area contributed by atoms with Gasteiger partial charge < -0.3 is 4.74 Å². The summed E-state index contributed by atoms with van der Waals surface area (Å²) in [6.07, 6.45) is 3.81. The monoisotopic (exact) mass is 541 g/mol. The van der Waals surface area contributed by atoms with Crippen LogP contribution in [0.4, 0.5) is 0 Å². The molecule has 1 saturated carbocycles. The number of rotatable bonds is 9. The maximum Gasteiger partial charge on any atom is 0.346 e. The van der Waals surface area contributed by atoms with Crippen LogP contribution in [0.5, 0.6) is 0 Å². The first-order valence-electron chi connectivity index (χ1n) is 13.5. The Labute approximate surface area is 228 Å². The molecule has 9 nitrogen and oxygen atoms in total. The fraction of sp³-hybridized carbons (Fsp3) is 0.379. The summed E-state index contributed by atoms with van der Waals surface area (Å²) in [7, 11) is 2.40. The molecule has 2 aromatic carbocycles. The lowest BCUT2D eigenvalue weighted by Gasteiger charge is -2.17. The third-order valence-corrected chi connectivity index (χ3v) is 9.02. The zero-order chi connectivity index (χ0) is 27.3. The highest BCUT2D eigenvalue weighted by Gasteiger charge is 2.33. The van der Waals surface area contributed by atoms with Crippen LogP contribution in [0.2, 0.25) is 25.7 Å². The van der Waals surface area contributed by atoms with Crippen LogP contribution in [0.3, 0.4) is 0 Å². The second-order valence-electron chi connectivity index (χ2n) is 11.6. The van der Waals surface area contributed by atoms with Gasteiger partial charge in [-0.1, -0.05) is 62.1 Å². The van der Waals surface area contributed by atoms with Crippen LogP contribution < -0.4 is 5.69 Å². The van der Waals surface area contributed by atoms with E-state index in [-0.39, 0.29) is 11.7 Å². The van der Waals surface area contributed by atoms with E-state index in [4.69, 9.17) is 14.8 Å². The van der Waals surface area contributed by atoms with Gasteiger partial charge in [0.05, 0.1) is 11.7 Å². The Bertz CT molecular complexity index is 1700. The number of nitrogens with zero attached hydrogens (tertiary/aromatic N) is 7. The van der Waals surface area contributed by atoms with E-state index >= 15 is 0 Å². The average Bonchev–Trinajstić information content (AvgIpc) is 3.48. The standard InChI is InChI=1S/C29H35N7O2Si/c1-33-24-17-21(11-12-22(24)18-30-33)25-26(28-32-34(2)29(37)36(28)23-13-14-23)35(19-38-15-16-39(3,4)5)27(31-25)20-9-7-6-8-10-20/h6-12,17-18,23H,13-16,19H2,1-5H3. The van der Waals surface area contributed by atoms with Gasteiger partial charge in [0.1, 0.15) is 23.9 Å². The van der Waals surface area contributed by atoms with Crippen molar-refractivity contribution >= 4 is 19.0 Å². The molecule has 1 aliphatic rings. The third kappa shape index (κ3) is 4.90. The van der Waals surface area contributed by atoms with Crippen LogP contribution >= 0.6 is 0 Å². The Morgan fingerprint density at radius 1 is 0.974 bits per heavy atom. The second-order valence-corrected chi connectivity index (χ2v) is 17.3. The lowest BCUT2D eigenvalue weighted by Crippen LogP contribution is -2.23. The molecule has 0 amide bonds. The van der Waals surface area contributed by atoms with E-state index in [2.05, 4.69) is 59.6 Å². The third-order valence-electron chi connectivity index (χ3n) is 7.32. The van der Waals surface area contributed by atoms with Gasteiger partial charge in [-0.15, -0.1) is 5.10 Å². The van der Waals surface area contributed by atoms with Crippen molar-refractivity contribution in [3.63, 3.8) is 0 Å². The summed E-state index contributed by atoms with van der Waals surface area (Å²) in [5, 5.41) is 10.3. The summed E-state index contributed by atoms with van der Waals surface area (Å²) in [5.74, 6) is 1.42.